The molecular weight excluding hydrogens is 478 g/mol. The predicted molar refractivity (Wildman–Crippen MR) is 146 cm³/mol. The second kappa shape index (κ2) is 10.9. The normalized spacial score (nSPS) is 20.9. The van der Waals surface area contributed by atoms with Crippen LogP contribution in [-0.4, -0.2) is 66.1 Å². The molecule has 2 fully saturated rings. The van der Waals surface area contributed by atoms with E-state index >= 15 is 0 Å². The molecule has 1 amide bonds. The van der Waals surface area contributed by atoms with E-state index in [-0.39, 0.29) is 29.4 Å². The van der Waals surface area contributed by atoms with Crippen LogP contribution in [0.3, 0.4) is 0 Å². The molecule has 0 unspecified atom stereocenters. The zero-order valence-electron chi connectivity index (χ0n) is 22.5. The Balaban J connectivity index is 1.54. The zero-order valence-corrected chi connectivity index (χ0v) is 22.5. The van der Waals surface area contributed by atoms with Crippen molar-refractivity contribution in [2.45, 2.75) is 57.8 Å². The summed E-state index contributed by atoms with van der Waals surface area (Å²) < 4.78 is 11.2. The Labute approximate surface area is 225 Å². The first-order valence-electron chi connectivity index (χ1n) is 13.6. The molecule has 0 bridgehead atoms. The third-order valence-electron chi connectivity index (χ3n) is 8.38. The fraction of sp³-hybridized carbons (Fsp3) is 0.516. The molecule has 38 heavy (non-hydrogen) atoms. The molecule has 7 nitrogen and oxygen atoms in total. The molecule has 2 aromatic rings. The van der Waals surface area contributed by atoms with E-state index < -0.39 is 5.41 Å². The van der Waals surface area contributed by atoms with Crippen molar-refractivity contribution in [3.63, 3.8) is 0 Å². The number of terminal acetylenes is 1. The molecule has 3 heterocycles. The highest BCUT2D eigenvalue weighted by atomic mass is 16.5. The number of imidazole rings is 1. The average Bonchev–Trinajstić information content (AvgIpc) is 3.44. The van der Waals surface area contributed by atoms with Crippen LogP contribution in [-0.2, 0) is 26.1 Å². The van der Waals surface area contributed by atoms with Gasteiger partial charge in [0.05, 0.1) is 24.8 Å². The minimum Gasteiger partial charge on any atom is -0.381 e. The van der Waals surface area contributed by atoms with Crippen LogP contribution in [0.1, 0.15) is 79.0 Å². The topological polar surface area (TPSA) is 84.5 Å². The Morgan fingerprint density at radius 1 is 1.11 bits per heavy atom. The van der Waals surface area contributed by atoms with Gasteiger partial charge in [-0.15, -0.1) is 6.42 Å². The molecule has 1 aromatic heterocycles. The monoisotopic (exact) mass is 515 g/mol. The van der Waals surface area contributed by atoms with E-state index in [2.05, 4.69) is 47.9 Å². The number of allylic oxidation sites excluding steroid dienone is 2. The van der Waals surface area contributed by atoms with Crippen LogP contribution in [0, 0.1) is 17.8 Å². The van der Waals surface area contributed by atoms with Crippen LogP contribution in [0.25, 0.3) is 5.57 Å². The third kappa shape index (κ3) is 5.34. The SMILES string of the molecule is C#Cc1cnc(C(=O)Cc2ccc(C3(C(=O)N4CCOCC4)CCOCC3)cc2C2=CCC(C)(C)CC2)[nH]1. The number of morpholine rings is 1. The van der Waals surface area contributed by atoms with Crippen LogP contribution in [0.2, 0.25) is 0 Å². The molecule has 5 rings (SSSR count). The number of hydrogen-bond donors (Lipinski definition) is 1. The van der Waals surface area contributed by atoms with Gasteiger partial charge in [0.1, 0.15) is 5.69 Å². The highest BCUT2D eigenvalue weighted by Crippen LogP contribution is 2.42. The number of carbonyl (C=O) groups excluding carboxylic acids is 2. The Kier molecular flexibility index (Phi) is 7.56. The minimum absolute atomic E-state index is 0.109. The van der Waals surface area contributed by atoms with Crippen molar-refractivity contribution in [1.82, 2.24) is 14.9 Å². The summed E-state index contributed by atoms with van der Waals surface area (Å²) in [5.74, 6) is 2.82. The van der Waals surface area contributed by atoms with Gasteiger partial charge in [-0.1, -0.05) is 44.0 Å². The van der Waals surface area contributed by atoms with E-state index in [4.69, 9.17) is 15.9 Å². The standard InChI is InChI=1S/C31H37N3O4/c1-4-25-21-32-28(33-25)27(35)19-23-5-6-24(20-26(23)22-7-9-30(2,3)10-8-22)31(11-15-37-16-12-31)29(36)34-13-17-38-18-14-34/h1,5-7,20-21H,8-19H2,2-3H3,(H,32,33). The number of ether oxygens (including phenoxy) is 2. The van der Waals surface area contributed by atoms with E-state index in [0.717, 1.165) is 36.0 Å². The van der Waals surface area contributed by atoms with Crippen LogP contribution >= 0.6 is 0 Å². The first-order chi connectivity index (χ1) is 18.3. The molecule has 1 N–H and O–H groups in total. The summed E-state index contributed by atoms with van der Waals surface area (Å²) in [7, 11) is 0. The van der Waals surface area contributed by atoms with Crippen molar-refractivity contribution < 1.29 is 19.1 Å². The number of rotatable bonds is 6. The third-order valence-corrected chi connectivity index (χ3v) is 8.38. The number of nitrogens with one attached hydrogen (secondary N) is 1. The number of carbonyl (C=O) groups is 2. The molecule has 0 atom stereocenters. The van der Waals surface area contributed by atoms with Gasteiger partial charge in [0.2, 0.25) is 11.7 Å². The lowest BCUT2D eigenvalue weighted by molar-refractivity contribution is -0.145. The summed E-state index contributed by atoms with van der Waals surface area (Å²) in [4.78, 5) is 36.3. The van der Waals surface area contributed by atoms with Gasteiger partial charge >= 0.3 is 0 Å². The number of hydrogen-bond acceptors (Lipinski definition) is 5. The van der Waals surface area contributed by atoms with Crippen molar-refractivity contribution in [2.75, 3.05) is 39.5 Å². The van der Waals surface area contributed by atoms with Crippen LogP contribution in [0.4, 0.5) is 0 Å². The number of benzene rings is 1. The number of aromatic amines is 1. The van der Waals surface area contributed by atoms with Crippen molar-refractivity contribution in [3.05, 3.63) is 58.7 Å². The number of aromatic nitrogens is 2. The molecule has 0 spiro atoms. The van der Waals surface area contributed by atoms with Crippen LogP contribution in [0.5, 0.6) is 0 Å². The van der Waals surface area contributed by atoms with Crippen molar-refractivity contribution in [1.29, 1.82) is 0 Å². The molecular formula is C31H37N3O4. The molecule has 3 aliphatic rings. The van der Waals surface area contributed by atoms with Gasteiger partial charge in [0, 0.05) is 32.7 Å². The van der Waals surface area contributed by atoms with Crippen LogP contribution in [0.15, 0.2) is 30.5 Å². The highest BCUT2D eigenvalue weighted by molar-refractivity contribution is 5.95. The fourth-order valence-electron chi connectivity index (χ4n) is 5.86. The molecule has 2 aliphatic heterocycles. The maximum Gasteiger partial charge on any atom is 0.233 e. The second-order valence-corrected chi connectivity index (χ2v) is 11.5. The number of H-pyrrole nitrogens is 1. The predicted octanol–water partition coefficient (Wildman–Crippen LogP) is 4.32. The number of Topliss-reactive ketones (excluding diaryl/α,β-unsaturated/α-hetero) is 1. The largest absolute Gasteiger partial charge is 0.381 e. The first-order valence-corrected chi connectivity index (χ1v) is 13.6. The Morgan fingerprint density at radius 2 is 1.84 bits per heavy atom. The molecule has 0 saturated carbocycles. The minimum atomic E-state index is -0.635. The van der Waals surface area contributed by atoms with Gasteiger partial charge in [-0.05, 0) is 59.8 Å². The lowest BCUT2D eigenvalue weighted by Gasteiger charge is -2.41. The quantitative estimate of drug-likeness (QED) is 0.458. The van der Waals surface area contributed by atoms with Gasteiger partial charge < -0.3 is 19.4 Å². The molecule has 200 valence electrons. The van der Waals surface area contributed by atoms with E-state index in [9.17, 15) is 9.59 Å². The van der Waals surface area contributed by atoms with Crippen molar-refractivity contribution in [3.8, 4) is 12.3 Å². The highest BCUT2D eigenvalue weighted by Gasteiger charge is 2.44. The summed E-state index contributed by atoms with van der Waals surface area (Å²) in [6.45, 7) is 8.06. The van der Waals surface area contributed by atoms with E-state index in [0.29, 0.717) is 58.1 Å². The van der Waals surface area contributed by atoms with Gasteiger partial charge in [-0.3, -0.25) is 9.59 Å². The summed E-state index contributed by atoms with van der Waals surface area (Å²) in [6, 6.07) is 6.28. The zero-order chi connectivity index (χ0) is 26.8. The Morgan fingerprint density at radius 3 is 2.50 bits per heavy atom. The smallest absolute Gasteiger partial charge is 0.233 e. The van der Waals surface area contributed by atoms with E-state index in [1.165, 1.54) is 11.8 Å². The molecule has 2 saturated heterocycles. The van der Waals surface area contributed by atoms with Gasteiger partial charge in [-0.25, -0.2) is 4.98 Å². The molecule has 7 heteroatoms. The molecule has 1 aliphatic carbocycles. The van der Waals surface area contributed by atoms with Gasteiger partial charge in [0.25, 0.3) is 0 Å². The lowest BCUT2D eigenvalue weighted by Crippen LogP contribution is -2.53. The first kappa shape index (κ1) is 26.4. The number of nitrogens with zero attached hydrogens (tertiary/aromatic N) is 2. The maximum absolute atomic E-state index is 14.0. The van der Waals surface area contributed by atoms with E-state index in [1.807, 2.05) is 11.0 Å². The Bertz CT molecular complexity index is 1270. The number of ketones is 1. The maximum atomic E-state index is 14.0. The average molecular weight is 516 g/mol. The van der Waals surface area contributed by atoms with Gasteiger partial charge in [-0.2, -0.15) is 0 Å². The summed E-state index contributed by atoms with van der Waals surface area (Å²) in [5.41, 5.74) is 4.39. The van der Waals surface area contributed by atoms with Gasteiger partial charge in [0.15, 0.2) is 5.82 Å². The fourth-order valence-corrected chi connectivity index (χ4v) is 5.86. The van der Waals surface area contributed by atoms with E-state index in [1.54, 1.807) is 0 Å². The summed E-state index contributed by atoms with van der Waals surface area (Å²) in [6.07, 6.45) is 13.8. The summed E-state index contributed by atoms with van der Waals surface area (Å²) in [5, 5.41) is 0. The molecule has 0 radical (unpaired) electrons. The van der Waals surface area contributed by atoms with Crippen LogP contribution < -0.4 is 0 Å². The number of amides is 1. The molecule has 1 aromatic carbocycles. The van der Waals surface area contributed by atoms with Crippen molar-refractivity contribution in [2.24, 2.45) is 5.41 Å². The summed E-state index contributed by atoms with van der Waals surface area (Å²) >= 11 is 0. The van der Waals surface area contributed by atoms with Crippen molar-refractivity contribution >= 4 is 17.3 Å². The lowest BCUT2D eigenvalue weighted by atomic mass is 9.70. The Hall–Kier alpha value is -3.21. The second-order valence-electron chi connectivity index (χ2n) is 11.5.